The number of alkyl halides is 3. The quantitative estimate of drug-likeness (QED) is 0.321. The normalized spacial score (nSPS) is 11.5. The van der Waals surface area contributed by atoms with Gasteiger partial charge < -0.3 is 4.74 Å². The molecule has 3 rings (SSSR count). The lowest BCUT2D eigenvalue weighted by molar-refractivity contribution is -0.141. The number of methoxy groups -OCH3 is 1. The van der Waals surface area contributed by atoms with E-state index in [9.17, 15) is 13.2 Å². The molecule has 3 nitrogen and oxygen atoms in total. The second-order valence-electron chi connectivity index (χ2n) is 5.67. The molecule has 9 heteroatoms. The van der Waals surface area contributed by atoms with Gasteiger partial charge in [-0.2, -0.15) is 13.2 Å². The first-order valence-electron chi connectivity index (χ1n) is 7.93. The molecule has 0 aliphatic rings. The SMILES string of the molecule is COc1ccc(-c2cc(C(F)(F)F)nc(SCc3ccc(Cl)cc3Cl)n2)cc1. The van der Waals surface area contributed by atoms with E-state index in [1.165, 1.54) is 7.11 Å². The third-order valence-corrected chi connectivity index (χ3v) is 5.24. The number of thioether (sulfide) groups is 1. The van der Waals surface area contributed by atoms with E-state index in [1.54, 1.807) is 42.5 Å². The van der Waals surface area contributed by atoms with Crippen LogP contribution in [0.25, 0.3) is 11.3 Å². The van der Waals surface area contributed by atoms with Gasteiger partial charge in [0.2, 0.25) is 0 Å². The highest BCUT2D eigenvalue weighted by molar-refractivity contribution is 7.98. The van der Waals surface area contributed by atoms with Gasteiger partial charge in [-0.15, -0.1) is 0 Å². The number of aromatic nitrogens is 2. The summed E-state index contributed by atoms with van der Waals surface area (Å²) in [6, 6.07) is 12.5. The molecule has 0 atom stereocenters. The number of nitrogens with zero attached hydrogens (tertiary/aromatic N) is 2. The Bertz CT molecular complexity index is 982. The molecule has 0 saturated heterocycles. The minimum absolute atomic E-state index is 0.00617. The van der Waals surface area contributed by atoms with E-state index in [0.717, 1.165) is 23.4 Å². The second-order valence-corrected chi connectivity index (χ2v) is 7.46. The van der Waals surface area contributed by atoms with E-state index in [1.807, 2.05) is 0 Å². The van der Waals surface area contributed by atoms with Crippen LogP contribution >= 0.6 is 35.0 Å². The molecule has 0 bridgehead atoms. The van der Waals surface area contributed by atoms with Crippen molar-refractivity contribution in [2.24, 2.45) is 0 Å². The molecular formula is C19H13Cl2F3N2OS. The van der Waals surface area contributed by atoms with Gasteiger partial charge in [0.05, 0.1) is 12.8 Å². The predicted octanol–water partition coefficient (Wildman–Crippen LogP) is 6.77. The summed E-state index contributed by atoms with van der Waals surface area (Å²) < 4.78 is 45.0. The monoisotopic (exact) mass is 444 g/mol. The standard InChI is InChI=1S/C19H13Cl2F3N2OS/c1-27-14-6-3-11(4-7-14)16-9-17(19(22,23)24)26-18(25-16)28-10-12-2-5-13(20)8-15(12)21/h2-9H,10H2,1H3. The van der Waals surface area contributed by atoms with Crippen molar-refractivity contribution < 1.29 is 17.9 Å². The van der Waals surface area contributed by atoms with Gasteiger partial charge in [-0.1, -0.05) is 41.0 Å². The molecule has 3 aromatic rings. The Morgan fingerprint density at radius 2 is 1.71 bits per heavy atom. The van der Waals surface area contributed by atoms with Crippen molar-refractivity contribution >= 4 is 35.0 Å². The van der Waals surface area contributed by atoms with Gasteiger partial charge in [-0.3, -0.25) is 0 Å². The van der Waals surface area contributed by atoms with E-state index in [4.69, 9.17) is 27.9 Å². The molecule has 28 heavy (non-hydrogen) atoms. The molecule has 0 unspecified atom stereocenters. The molecule has 1 aromatic heterocycles. The maximum atomic E-state index is 13.3. The molecule has 0 N–H and O–H groups in total. The third-order valence-electron chi connectivity index (χ3n) is 3.75. The third kappa shape index (κ3) is 5.10. The Kier molecular flexibility index (Phi) is 6.37. The highest BCUT2D eigenvalue weighted by atomic mass is 35.5. The first kappa shape index (κ1) is 20.8. The summed E-state index contributed by atoms with van der Waals surface area (Å²) in [7, 11) is 1.51. The van der Waals surface area contributed by atoms with Gasteiger partial charge in [0, 0.05) is 21.4 Å². The minimum atomic E-state index is -4.59. The molecule has 0 radical (unpaired) electrons. The molecule has 0 amide bonds. The number of hydrogen-bond donors (Lipinski definition) is 0. The van der Waals surface area contributed by atoms with Crippen molar-refractivity contribution in [1.29, 1.82) is 0 Å². The lowest BCUT2D eigenvalue weighted by Gasteiger charge is -2.11. The van der Waals surface area contributed by atoms with E-state index in [2.05, 4.69) is 9.97 Å². The minimum Gasteiger partial charge on any atom is -0.497 e. The summed E-state index contributed by atoms with van der Waals surface area (Å²) in [5, 5.41) is 0.921. The van der Waals surface area contributed by atoms with Gasteiger partial charge in [-0.25, -0.2) is 9.97 Å². The Morgan fingerprint density at radius 1 is 1.00 bits per heavy atom. The molecule has 0 aliphatic heterocycles. The van der Waals surface area contributed by atoms with Crippen LogP contribution in [0.1, 0.15) is 11.3 Å². The van der Waals surface area contributed by atoms with Crippen LogP contribution in [0.2, 0.25) is 10.0 Å². The summed E-state index contributed by atoms with van der Waals surface area (Å²) >= 11 is 13.1. The van der Waals surface area contributed by atoms with Crippen LogP contribution in [0, 0.1) is 0 Å². The number of rotatable bonds is 5. The van der Waals surface area contributed by atoms with Crippen LogP contribution in [0.15, 0.2) is 53.7 Å². The Hall–Kier alpha value is -1.96. The van der Waals surface area contributed by atoms with Crippen molar-refractivity contribution in [2.45, 2.75) is 17.1 Å². The van der Waals surface area contributed by atoms with E-state index in [0.29, 0.717) is 27.1 Å². The fourth-order valence-corrected chi connectivity index (χ4v) is 3.74. The lowest BCUT2D eigenvalue weighted by Crippen LogP contribution is -2.10. The van der Waals surface area contributed by atoms with Gasteiger partial charge in [-0.05, 0) is 48.0 Å². The molecule has 0 saturated carbocycles. The van der Waals surface area contributed by atoms with Crippen molar-refractivity contribution in [3.63, 3.8) is 0 Å². The summed E-state index contributed by atoms with van der Waals surface area (Å²) in [4.78, 5) is 7.94. The topological polar surface area (TPSA) is 35.0 Å². The first-order valence-corrected chi connectivity index (χ1v) is 9.68. The molecule has 2 aromatic carbocycles. The zero-order chi connectivity index (χ0) is 20.3. The highest BCUT2D eigenvalue weighted by Gasteiger charge is 2.33. The number of halogens is 5. The average molecular weight is 445 g/mol. The summed E-state index contributed by atoms with van der Waals surface area (Å²) in [5.74, 6) is 0.903. The van der Waals surface area contributed by atoms with E-state index in [-0.39, 0.29) is 10.9 Å². The van der Waals surface area contributed by atoms with Crippen molar-refractivity contribution in [1.82, 2.24) is 9.97 Å². The Morgan fingerprint density at radius 3 is 2.32 bits per heavy atom. The largest absolute Gasteiger partial charge is 0.497 e. The number of ether oxygens (including phenoxy) is 1. The number of benzene rings is 2. The second kappa shape index (κ2) is 8.59. The fourth-order valence-electron chi connectivity index (χ4n) is 2.33. The summed E-state index contributed by atoms with van der Waals surface area (Å²) in [6.45, 7) is 0. The van der Waals surface area contributed by atoms with Crippen molar-refractivity contribution in [3.05, 3.63) is 69.8 Å². The summed E-state index contributed by atoms with van der Waals surface area (Å²) in [6.07, 6.45) is -4.59. The van der Waals surface area contributed by atoms with Gasteiger partial charge >= 0.3 is 6.18 Å². The number of hydrogen-bond acceptors (Lipinski definition) is 4. The highest BCUT2D eigenvalue weighted by Crippen LogP contribution is 2.34. The van der Waals surface area contributed by atoms with Crippen molar-refractivity contribution in [2.75, 3.05) is 7.11 Å². The average Bonchev–Trinajstić information content (AvgIpc) is 2.66. The smallest absolute Gasteiger partial charge is 0.433 e. The summed E-state index contributed by atoms with van der Waals surface area (Å²) in [5.41, 5.74) is 0.427. The molecule has 0 fully saturated rings. The van der Waals surface area contributed by atoms with Crippen LogP contribution in [0.5, 0.6) is 5.75 Å². The fraction of sp³-hybridized carbons (Fsp3) is 0.158. The van der Waals surface area contributed by atoms with Crippen LogP contribution in [-0.4, -0.2) is 17.1 Å². The zero-order valence-electron chi connectivity index (χ0n) is 14.4. The van der Waals surface area contributed by atoms with E-state index >= 15 is 0 Å². The Labute approximate surface area is 173 Å². The van der Waals surface area contributed by atoms with E-state index < -0.39 is 11.9 Å². The maximum Gasteiger partial charge on any atom is 0.433 e. The van der Waals surface area contributed by atoms with Gasteiger partial charge in [0.1, 0.15) is 11.4 Å². The van der Waals surface area contributed by atoms with Gasteiger partial charge in [0.25, 0.3) is 0 Å². The molecule has 0 aliphatic carbocycles. The van der Waals surface area contributed by atoms with Crippen LogP contribution in [0.3, 0.4) is 0 Å². The lowest BCUT2D eigenvalue weighted by atomic mass is 10.1. The molecule has 146 valence electrons. The molecule has 0 spiro atoms. The van der Waals surface area contributed by atoms with Crippen LogP contribution < -0.4 is 4.74 Å². The molecular weight excluding hydrogens is 432 g/mol. The Balaban J connectivity index is 1.93. The predicted molar refractivity (Wildman–Crippen MR) is 105 cm³/mol. The molecule has 1 heterocycles. The van der Waals surface area contributed by atoms with Crippen LogP contribution in [0.4, 0.5) is 13.2 Å². The van der Waals surface area contributed by atoms with Gasteiger partial charge in [0.15, 0.2) is 5.16 Å². The maximum absolute atomic E-state index is 13.3. The van der Waals surface area contributed by atoms with Crippen molar-refractivity contribution in [3.8, 4) is 17.0 Å². The van der Waals surface area contributed by atoms with Crippen LogP contribution in [-0.2, 0) is 11.9 Å². The first-order chi connectivity index (χ1) is 13.3. The zero-order valence-corrected chi connectivity index (χ0v) is 16.8.